The Morgan fingerprint density at radius 2 is 2.18 bits per heavy atom. The predicted octanol–water partition coefficient (Wildman–Crippen LogP) is 1.73. The van der Waals surface area contributed by atoms with Crippen LogP contribution < -0.4 is 5.32 Å². The van der Waals surface area contributed by atoms with Gasteiger partial charge < -0.3 is 15.2 Å². The van der Waals surface area contributed by atoms with Crippen LogP contribution in [0.5, 0.6) is 0 Å². The summed E-state index contributed by atoms with van der Waals surface area (Å²) in [6.07, 6.45) is 1.02. The molecule has 1 heterocycles. The van der Waals surface area contributed by atoms with Crippen molar-refractivity contribution in [1.29, 1.82) is 0 Å². The predicted molar refractivity (Wildman–Crippen MR) is 67.8 cm³/mol. The number of ether oxygens (including phenoxy) is 1. The standard InChI is InChI=1S/C14H21NO2/c1-11-10-17-8-7-13(11)15-14(9-16)12-5-3-2-4-6-12/h2-6,11,13-16H,7-10H2,1H3/t11?,13?,14-/m1/s1. The third-order valence-electron chi connectivity index (χ3n) is 3.44. The highest BCUT2D eigenvalue weighted by molar-refractivity contribution is 5.19. The quantitative estimate of drug-likeness (QED) is 0.835. The minimum Gasteiger partial charge on any atom is -0.394 e. The fourth-order valence-electron chi connectivity index (χ4n) is 2.33. The lowest BCUT2D eigenvalue weighted by atomic mass is 9.95. The van der Waals surface area contributed by atoms with Gasteiger partial charge in [-0.2, -0.15) is 0 Å². The summed E-state index contributed by atoms with van der Waals surface area (Å²) in [5.74, 6) is 0.501. The highest BCUT2D eigenvalue weighted by Crippen LogP contribution is 2.19. The lowest BCUT2D eigenvalue weighted by Gasteiger charge is -2.33. The van der Waals surface area contributed by atoms with E-state index in [9.17, 15) is 5.11 Å². The molecule has 3 heteroatoms. The Kier molecular flexibility index (Phi) is 4.54. The Hall–Kier alpha value is -0.900. The van der Waals surface area contributed by atoms with Crippen LogP contribution in [0, 0.1) is 5.92 Å². The fourth-order valence-corrected chi connectivity index (χ4v) is 2.33. The number of aliphatic hydroxyl groups is 1. The zero-order valence-electron chi connectivity index (χ0n) is 10.3. The number of aliphatic hydroxyl groups excluding tert-OH is 1. The van der Waals surface area contributed by atoms with Gasteiger partial charge in [0, 0.05) is 12.6 Å². The molecule has 0 amide bonds. The maximum Gasteiger partial charge on any atom is 0.0626 e. The molecule has 1 aliphatic heterocycles. The van der Waals surface area contributed by atoms with E-state index in [1.165, 1.54) is 0 Å². The molecule has 0 aromatic heterocycles. The summed E-state index contributed by atoms with van der Waals surface area (Å²) in [6, 6.07) is 10.6. The van der Waals surface area contributed by atoms with Gasteiger partial charge in [-0.05, 0) is 17.9 Å². The van der Waals surface area contributed by atoms with Gasteiger partial charge in [-0.3, -0.25) is 0 Å². The molecule has 17 heavy (non-hydrogen) atoms. The third kappa shape index (κ3) is 3.28. The Labute approximate surface area is 103 Å². The van der Waals surface area contributed by atoms with Crippen LogP contribution in [0.4, 0.5) is 0 Å². The van der Waals surface area contributed by atoms with Crippen molar-refractivity contribution in [3.8, 4) is 0 Å². The van der Waals surface area contributed by atoms with E-state index >= 15 is 0 Å². The van der Waals surface area contributed by atoms with Gasteiger partial charge in [-0.1, -0.05) is 37.3 Å². The second kappa shape index (κ2) is 6.15. The van der Waals surface area contributed by atoms with Gasteiger partial charge in [0.2, 0.25) is 0 Å². The minimum absolute atomic E-state index is 0.0294. The molecule has 2 unspecified atom stereocenters. The molecule has 3 atom stereocenters. The molecule has 0 radical (unpaired) electrons. The zero-order valence-corrected chi connectivity index (χ0v) is 10.3. The summed E-state index contributed by atoms with van der Waals surface area (Å²) in [7, 11) is 0. The molecule has 94 valence electrons. The molecule has 3 nitrogen and oxygen atoms in total. The van der Waals surface area contributed by atoms with Crippen molar-refractivity contribution in [2.75, 3.05) is 19.8 Å². The smallest absolute Gasteiger partial charge is 0.0626 e. The maximum absolute atomic E-state index is 9.50. The van der Waals surface area contributed by atoms with E-state index in [1.54, 1.807) is 0 Å². The largest absolute Gasteiger partial charge is 0.394 e. The first kappa shape index (κ1) is 12.6. The fraction of sp³-hybridized carbons (Fsp3) is 0.571. The molecule has 0 aliphatic carbocycles. The van der Waals surface area contributed by atoms with Gasteiger partial charge in [0.05, 0.1) is 19.3 Å². The lowest BCUT2D eigenvalue weighted by Crippen LogP contribution is -2.44. The zero-order chi connectivity index (χ0) is 12.1. The Bertz CT molecular complexity index is 328. The number of hydrogen-bond donors (Lipinski definition) is 2. The van der Waals surface area contributed by atoms with Gasteiger partial charge in [0.15, 0.2) is 0 Å². The van der Waals surface area contributed by atoms with Crippen LogP contribution in [0.1, 0.15) is 24.9 Å². The molecule has 1 saturated heterocycles. The van der Waals surface area contributed by atoms with Crippen LogP contribution in [0.2, 0.25) is 0 Å². The molecule has 1 aromatic rings. The van der Waals surface area contributed by atoms with E-state index in [1.807, 2.05) is 18.2 Å². The topological polar surface area (TPSA) is 41.5 Å². The van der Waals surface area contributed by atoms with E-state index in [0.717, 1.165) is 25.2 Å². The average Bonchev–Trinajstić information content (AvgIpc) is 2.39. The number of hydrogen-bond acceptors (Lipinski definition) is 3. The Balaban J connectivity index is 1.99. The van der Waals surface area contributed by atoms with E-state index in [2.05, 4.69) is 24.4 Å². The van der Waals surface area contributed by atoms with Crippen molar-refractivity contribution < 1.29 is 9.84 Å². The number of nitrogens with one attached hydrogen (secondary N) is 1. The molecular weight excluding hydrogens is 214 g/mol. The van der Waals surface area contributed by atoms with Crippen LogP contribution in [0.15, 0.2) is 30.3 Å². The second-order valence-electron chi connectivity index (χ2n) is 4.76. The molecule has 2 rings (SSSR count). The summed E-state index contributed by atoms with van der Waals surface area (Å²) in [4.78, 5) is 0. The summed E-state index contributed by atoms with van der Waals surface area (Å²) >= 11 is 0. The Morgan fingerprint density at radius 3 is 2.82 bits per heavy atom. The van der Waals surface area contributed by atoms with Gasteiger partial charge >= 0.3 is 0 Å². The number of benzene rings is 1. The van der Waals surface area contributed by atoms with Crippen molar-refractivity contribution in [3.05, 3.63) is 35.9 Å². The van der Waals surface area contributed by atoms with E-state index in [-0.39, 0.29) is 12.6 Å². The van der Waals surface area contributed by atoms with E-state index in [4.69, 9.17) is 4.74 Å². The van der Waals surface area contributed by atoms with Crippen LogP contribution >= 0.6 is 0 Å². The van der Waals surface area contributed by atoms with Crippen molar-refractivity contribution in [1.82, 2.24) is 5.32 Å². The first-order valence-electron chi connectivity index (χ1n) is 6.31. The van der Waals surface area contributed by atoms with Gasteiger partial charge in [-0.25, -0.2) is 0 Å². The highest BCUT2D eigenvalue weighted by Gasteiger charge is 2.24. The molecule has 1 fully saturated rings. The van der Waals surface area contributed by atoms with E-state index in [0.29, 0.717) is 12.0 Å². The summed E-state index contributed by atoms with van der Waals surface area (Å²) in [5.41, 5.74) is 1.15. The summed E-state index contributed by atoms with van der Waals surface area (Å²) in [5, 5.41) is 13.0. The van der Waals surface area contributed by atoms with E-state index < -0.39 is 0 Å². The normalized spacial score (nSPS) is 26.7. The van der Waals surface area contributed by atoms with Crippen LogP contribution in [0.25, 0.3) is 0 Å². The Morgan fingerprint density at radius 1 is 1.41 bits per heavy atom. The van der Waals surface area contributed by atoms with Gasteiger partial charge in [-0.15, -0.1) is 0 Å². The van der Waals surface area contributed by atoms with Crippen molar-refractivity contribution in [2.45, 2.75) is 25.4 Å². The molecule has 0 saturated carbocycles. The summed E-state index contributed by atoms with van der Waals surface area (Å²) in [6.45, 7) is 3.95. The van der Waals surface area contributed by atoms with Crippen molar-refractivity contribution in [3.63, 3.8) is 0 Å². The number of rotatable bonds is 4. The van der Waals surface area contributed by atoms with Crippen LogP contribution in [-0.4, -0.2) is 31.0 Å². The summed E-state index contributed by atoms with van der Waals surface area (Å²) < 4.78 is 5.43. The molecule has 1 aliphatic rings. The molecular formula is C14H21NO2. The minimum atomic E-state index is 0.0294. The lowest BCUT2D eigenvalue weighted by molar-refractivity contribution is 0.0330. The SMILES string of the molecule is CC1COCCC1N[C@H](CO)c1ccccc1. The van der Waals surface area contributed by atoms with Crippen molar-refractivity contribution >= 4 is 0 Å². The molecule has 0 bridgehead atoms. The van der Waals surface area contributed by atoms with Crippen LogP contribution in [0.3, 0.4) is 0 Å². The molecule has 0 spiro atoms. The van der Waals surface area contributed by atoms with Crippen LogP contribution in [-0.2, 0) is 4.74 Å². The highest BCUT2D eigenvalue weighted by atomic mass is 16.5. The third-order valence-corrected chi connectivity index (χ3v) is 3.44. The maximum atomic E-state index is 9.50. The molecule has 1 aromatic carbocycles. The first-order valence-corrected chi connectivity index (χ1v) is 6.31. The van der Waals surface area contributed by atoms with Gasteiger partial charge in [0.25, 0.3) is 0 Å². The van der Waals surface area contributed by atoms with Gasteiger partial charge in [0.1, 0.15) is 0 Å². The molecule has 2 N–H and O–H groups in total. The first-order chi connectivity index (χ1) is 8.31. The monoisotopic (exact) mass is 235 g/mol. The average molecular weight is 235 g/mol. The van der Waals surface area contributed by atoms with Crippen molar-refractivity contribution in [2.24, 2.45) is 5.92 Å². The second-order valence-corrected chi connectivity index (χ2v) is 4.76.